The monoisotopic (exact) mass is 420 g/mol. The molecule has 0 radical (unpaired) electrons. The van der Waals surface area contributed by atoms with Crippen LogP contribution in [0.3, 0.4) is 0 Å². The normalized spacial score (nSPS) is 11.0. The number of amides is 1. The highest BCUT2D eigenvalue weighted by atomic mass is 79.9. The van der Waals surface area contributed by atoms with Crippen LogP contribution >= 0.6 is 15.9 Å². The summed E-state index contributed by atoms with van der Waals surface area (Å²) < 4.78 is 17.0. The van der Waals surface area contributed by atoms with E-state index in [4.69, 9.17) is 14.2 Å². The Morgan fingerprint density at radius 1 is 1.12 bits per heavy atom. The van der Waals surface area contributed by atoms with E-state index in [0.717, 1.165) is 15.6 Å². The zero-order valence-electron chi connectivity index (χ0n) is 15.1. The van der Waals surface area contributed by atoms with E-state index in [1.165, 1.54) is 0 Å². The van der Waals surface area contributed by atoms with Gasteiger partial charge in [0.15, 0.2) is 6.61 Å². The SMILES string of the molecule is COc1ccc(/C(C)=N/NC(=O)COc2ccc(Br)c(C)c2)c(OC)c1. The van der Waals surface area contributed by atoms with E-state index in [1.54, 1.807) is 39.3 Å². The fourth-order valence-electron chi connectivity index (χ4n) is 2.19. The highest BCUT2D eigenvalue weighted by Crippen LogP contribution is 2.25. The molecule has 0 spiro atoms. The van der Waals surface area contributed by atoms with Crippen LogP contribution in [0, 0.1) is 6.92 Å². The van der Waals surface area contributed by atoms with Crippen LogP contribution < -0.4 is 19.6 Å². The van der Waals surface area contributed by atoms with Gasteiger partial charge in [-0.1, -0.05) is 15.9 Å². The zero-order valence-corrected chi connectivity index (χ0v) is 16.7. The summed E-state index contributed by atoms with van der Waals surface area (Å²) in [5.41, 5.74) is 4.89. The van der Waals surface area contributed by atoms with Gasteiger partial charge in [0.25, 0.3) is 5.91 Å². The van der Waals surface area contributed by atoms with Crippen LogP contribution in [0.4, 0.5) is 0 Å². The van der Waals surface area contributed by atoms with Crippen LogP contribution in [-0.2, 0) is 4.79 Å². The lowest BCUT2D eigenvalue weighted by molar-refractivity contribution is -0.123. The van der Waals surface area contributed by atoms with Crippen LogP contribution in [0.25, 0.3) is 0 Å². The summed E-state index contributed by atoms with van der Waals surface area (Å²) in [5.74, 6) is 1.57. The van der Waals surface area contributed by atoms with E-state index in [9.17, 15) is 4.79 Å². The predicted molar refractivity (Wildman–Crippen MR) is 104 cm³/mol. The maximum absolute atomic E-state index is 12.0. The number of rotatable bonds is 7. The van der Waals surface area contributed by atoms with E-state index in [1.807, 2.05) is 25.1 Å². The van der Waals surface area contributed by atoms with Gasteiger partial charge in [-0.25, -0.2) is 5.43 Å². The molecule has 0 saturated carbocycles. The van der Waals surface area contributed by atoms with Crippen molar-refractivity contribution >= 4 is 27.5 Å². The number of nitrogens with one attached hydrogen (secondary N) is 1. The quantitative estimate of drug-likeness (QED) is 0.547. The number of carbonyl (C=O) groups is 1. The minimum absolute atomic E-state index is 0.127. The molecule has 0 aliphatic carbocycles. The van der Waals surface area contributed by atoms with Crippen molar-refractivity contribution in [1.82, 2.24) is 5.43 Å². The van der Waals surface area contributed by atoms with Gasteiger partial charge in [0.05, 0.1) is 19.9 Å². The molecule has 0 saturated heterocycles. The van der Waals surface area contributed by atoms with Crippen LogP contribution in [0.5, 0.6) is 17.2 Å². The second-order valence-corrected chi connectivity index (χ2v) is 6.35. The molecule has 26 heavy (non-hydrogen) atoms. The molecule has 6 nitrogen and oxygen atoms in total. The van der Waals surface area contributed by atoms with Crippen molar-refractivity contribution in [3.05, 3.63) is 52.0 Å². The average Bonchev–Trinajstić information content (AvgIpc) is 2.66. The molecular formula is C19H21BrN2O4. The van der Waals surface area contributed by atoms with E-state index in [-0.39, 0.29) is 12.5 Å². The average molecular weight is 421 g/mol. The number of ether oxygens (including phenoxy) is 3. The molecule has 2 rings (SSSR count). The highest BCUT2D eigenvalue weighted by Gasteiger charge is 2.09. The van der Waals surface area contributed by atoms with Gasteiger partial charge in [0.1, 0.15) is 17.2 Å². The molecule has 0 bridgehead atoms. The molecule has 0 aliphatic heterocycles. The second kappa shape index (κ2) is 9.24. The molecule has 0 aliphatic rings. The summed E-state index contributed by atoms with van der Waals surface area (Å²) in [7, 11) is 3.15. The Labute approximate surface area is 161 Å². The zero-order chi connectivity index (χ0) is 19.1. The number of hydrogen-bond acceptors (Lipinski definition) is 5. The van der Waals surface area contributed by atoms with Gasteiger partial charge in [0.2, 0.25) is 0 Å². The lowest BCUT2D eigenvalue weighted by Gasteiger charge is -2.10. The van der Waals surface area contributed by atoms with E-state index in [2.05, 4.69) is 26.5 Å². The van der Waals surface area contributed by atoms with Crippen molar-refractivity contribution in [3.8, 4) is 17.2 Å². The molecule has 7 heteroatoms. The number of carbonyl (C=O) groups excluding carboxylic acids is 1. The minimum Gasteiger partial charge on any atom is -0.497 e. The summed E-state index contributed by atoms with van der Waals surface area (Å²) in [5, 5.41) is 4.11. The molecule has 1 N–H and O–H groups in total. The number of halogens is 1. The minimum atomic E-state index is -0.350. The summed E-state index contributed by atoms with van der Waals surface area (Å²) in [6.45, 7) is 3.61. The van der Waals surface area contributed by atoms with Gasteiger partial charge in [-0.2, -0.15) is 5.10 Å². The van der Waals surface area contributed by atoms with Gasteiger partial charge in [-0.3, -0.25) is 4.79 Å². The largest absolute Gasteiger partial charge is 0.497 e. The number of nitrogens with zero attached hydrogens (tertiary/aromatic N) is 1. The molecule has 2 aromatic carbocycles. The second-order valence-electron chi connectivity index (χ2n) is 5.50. The molecular weight excluding hydrogens is 400 g/mol. The smallest absolute Gasteiger partial charge is 0.277 e. The van der Waals surface area contributed by atoms with E-state index >= 15 is 0 Å². The maximum atomic E-state index is 12.0. The van der Waals surface area contributed by atoms with Gasteiger partial charge in [-0.15, -0.1) is 0 Å². The number of hydrogen-bond donors (Lipinski definition) is 1. The van der Waals surface area contributed by atoms with E-state index < -0.39 is 0 Å². The standard InChI is InChI=1S/C19H21BrN2O4/c1-12-9-15(6-8-17(12)20)26-11-19(23)22-21-13(2)16-7-5-14(24-3)10-18(16)25-4/h5-10H,11H2,1-4H3,(H,22,23)/b21-13+. The van der Waals surface area contributed by atoms with Gasteiger partial charge in [-0.05, 0) is 49.7 Å². The maximum Gasteiger partial charge on any atom is 0.277 e. The van der Waals surface area contributed by atoms with Gasteiger partial charge in [0, 0.05) is 16.1 Å². The molecule has 0 unspecified atom stereocenters. The molecule has 0 aromatic heterocycles. The highest BCUT2D eigenvalue weighted by molar-refractivity contribution is 9.10. The summed E-state index contributed by atoms with van der Waals surface area (Å²) >= 11 is 3.42. The Morgan fingerprint density at radius 3 is 2.50 bits per heavy atom. The first-order chi connectivity index (χ1) is 12.4. The van der Waals surface area contributed by atoms with Gasteiger partial charge >= 0.3 is 0 Å². The van der Waals surface area contributed by atoms with Crippen molar-refractivity contribution in [2.45, 2.75) is 13.8 Å². The van der Waals surface area contributed by atoms with Crippen LogP contribution in [-0.4, -0.2) is 32.4 Å². The van der Waals surface area contributed by atoms with Crippen molar-refractivity contribution < 1.29 is 19.0 Å². The number of aryl methyl sites for hydroxylation is 1. The lowest BCUT2D eigenvalue weighted by atomic mass is 10.1. The molecule has 0 atom stereocenters. The van der Waals surface area contributed by atoms with E-state index in [0.29, 0.717) is 23.0 Å². The summed E-state index contributed by atoms with van der Waals surface area (Å²) in [4.78, 5) is 12.0. The molecule has 2 aromatic rings. The Bertz CT molecular complexity index is 821. The molecule has 1 amide bonds. The van der Waals surface area contributed by atoms with Crippen LogP contribution in [0.2, 0.25) is 0 Å². The first-order valence-corrected chi connectivity index (χ1v) is 8.68. The molecule has 0 heterocycles. The van der Waals surface area contributed by atoms with Crippen molar-refractivity contribution in [2.24, 2.45) is 5.10 Å². The fraction of sp³-hybridized carbons (Fsp3) is 0.263. The predicted octanol–water partition coefficient (Wildman–Crippen LogP) is 3.69. The number of methoxy groups -OCH3 is 2. The first-order valence-electron chi connectivity index (χ1n) is 7.89. The third-order valence-corrected chi connectivity index (χ3v) is 4.54. The Balaban J connectivity index is 1.97. The lowest BCUT2D eigenvalue weighted by Crippen LogP contribution is -2.25. The third-order valence-electron chi connectivity index (χ3n) is 3.65. The number of hydrazone groups is 1. The van der Waals surface area contributed by atoms with Crippen molar-refractivity contribution in [2.75, 3.05) is 20.8 Å². The van der Waals surface area contributed by atoms with Crippen LogP contribution in [0.1, 0.15) is 18.1 Å². The summed E-state index contributed by atoms with van der Waals surface area (Å²) in [6, 6.07) is 10.9. The third kappa shape index (κ3) is 5.23. The van der Waals surface area contributed by atoms with Gasteiger partial charge < -0.3 is 14.2 Å². The van der Waals surface area contributed by atoms with Crippen molar-refractivity contribution in [1.29, 1.82) is 0 Å². The Hall–Kier alpha value is -2.54. The topological polar surface area (TPSA) is 69.2 Å². The molecule has 0 fully saturated rings. The molecule has 138 valence electrons. The van der Waals surface area contributed by atoms with Crippen LogP contribution in [0.15, 0.2) is 46.0 Å². The van der Waals surface area contributed by atoms with Crippen molar-refractivity contribution in [3.63, 3.8) is 0 Å². The Kier molecular flexibility index (Phi) is 7.03. The Morgan fingerprint density at radius 2 is 1.85 bits per heavy atom. The first kappa shape index (κ1) is 19.8. The number of benzene rings is 2. The fourth-order valence-corrected chi connectivity index (χ4v) is 2.44. The summed E-state index contributed by atoms with van der Waals surface area (Å²) in [6.07, 6.45) is 0.